The molecule has 0 aliphatic rings. The summed E-state index contributed by atoms with van der Waals surface area (Å²) in [6.07, 6.45) is 70.1. The Balaban J connectivity index is 4.03. The Hall–Kier alpha value is -2.63. The van der Waals surface area contributed by atoms with Gasteiger partial charge in [-0.1, -0.05) is 256 Å². The molecule has 1 unspecified atom stereocenters. The molecule has 0 rings (SSSR count). The number of esters is 3. The maximum atomic E-state index is 12.8. The lowest BCUT2D eigenvalue weighted by atomic mass is 10.0. The molecule has 0 aromatic heterocycles. The SMILES string of the molecule is CCCCCC/C=C\C/C=C\CCCCCCCCCC(=O)OC(COC(=O)CCCCCCC)COC(=O)CCCCCCCCCCCCCCCCC/C=C\C/C=C\CCCCCCC. The lowest BCUT2D eigenvalue weighted by Gasteiger charge is -2.18. The highest BCUT2D eigenvalue weighted by molar-refractivity contribution is 5.71. The summed E-state index contributed by atoms with van der Waals surface area (Å²) in [5.41, 5.74) is 0. The number of carbonyl (C=O) groups excluding carboxylic acids is 3. The highest BCUT2D eigenvalue weighted by Crippen LogP contribution is 2.16. The van der Waals surface area contributed by atoms with E-state index in [1.165, 1.54) is 186 Å². The summed E-state index contributed by atoms with van der Waals surface area (Å²) in [7, 11) is 0. The van der Waals surface area contributed by atoms with Crippen LogP contribution in [0.25, 0.3) is 0 Å². The Labute approximate surface area is 422 Å². The monoisotopic (exact) mass is 953 g/mol. The third kappa shape index (κ3) is 54.3. The minimum atomic E-state index is -0.772. The molecule has 0 spiro atoms. The fourth-order valence-corrected chi connectivity index (χ4v) is 8.56. The Morgan fingerprint density at radius 3 is 0.824 bits per heavy atom. The van der Waals surface area contributed by atoms with Crippen LogP contribution in [-0.2, 0) is 28.6 Å². The van der Waals surface area contributed by atoms with E-state index in [1.54, 1.807) is 0 Å². The highest BCUT2D eigenvalue weighted by atomic mass is 16.6. The Morgan fingerprint density at radius 1 is 0.294 bits per heavy atom. The van der Waals surface area contributed by atoms with E-state index in [9.17, 15) is 14.4 Å². The van der Waals surface area contributed by atoms with Gasteiger partial charge in [0.2, 0.25) is 0 Å². The van der Waals surface area contributed by atoms with Crippen LogP contribution < -0.4 is 0 Å². The minimum absolute atomic E-state index is 0.0744. The van der Waals surface area contributed by atoms with Crippen LogP contribution in [0.5, 0.6) is 0 Å². The molecule has 0 bridgehead atoms. The lowest BCUT2D eigenvalue weighted by molar-refractivity contribution is -0.167. The largest absolute Gasteiger partial charge is 0.462 e. The summed E-state index contributed by atoms with van der Waals surface area (Å²) in [6.45, 7) is 6.55. The molecule has 0 aromatic rings. The first-order chi connectivity index (χ1) is 33.5. The number of rotatable bonds is 54. The van der Waals surface area contributed by atoms with E-state index >= 15 is 0 Å². The molecule has 0 fully saturated rings. The highest BCUT2D eigenvalue weighted by Gasteiger charge is 2.19. The van der Waals surface area contributed by atoms with Crippen LogP contribution in [0.3, 0.4) is 0 Å². The molecule has 0 saturated carbocycles. The van der Waals surface area contributed by atoms with E-state index < -0.39 is 6.10 Å². The van der Waals surface area contributed by atoms with Crippen LogP contribution in [-0.4, -0.2) is 37.2 Å². The molecule has 6 heteroatoms. The first-order valence-corrected chi connectivity index (χ1v) is 29.6. The standard InChI is InChI=1S/C62H112O6/c1-4-7-10-13-15-17-19-21-23-25-27-28-29-30-31-32-33-34-35-37-38-40-42-44-46-49-52-55-61(64)67-58-59(57-66-60(63)54-51-48-12-9-6-3)68-62(65)56-53-50-47-45-43-41-39-36-26-24-22-20-18-16-14-11-8-5-2/h18-21,24-27,59H,4-17,22-23,28-58H2,1-3H3/b20-18-,21-19-,26-24-,27-25-. The molecule has 0 aromatic carbocycles. The van der Waals surface area contributed by atoms with Gasteiger partial charge in [0, 0.05) is 19.3 Å². The van der Waals surface area contributed by atoms with Gasteiger partial charge in [-0.05, 0) is 83.5 Å². The summed E-state index contributed by atoms with van der Waals surface area (Å²) < 4.78 is 16.7. The lowest BCUT2D eigenvalue weighted by Crippen LogP contribution is -2.30. The van der Waals surface area contributed by atoms with Gasteiger partial charge in [0.25, 0.3) is 0 Å². The normalized spacial score (nSPS) is 12.3. The second-order valence-electron chi connectivity index (χ2n) is 19.9. The second-order valence-corrected chi connectivity index (χ2v) is 19.9. The van der Waals surface area contributed by atoms with E-state index in [-0.39, 0.29) is 31.1 Å². The number of carbonyl (C=O) groups is 3. The zero-order valence-corrected chi connectivity index (χ0v) is 45.4. The molecule has 0 aliphatic carbocycles. The second kappa shape index (κ2) is 57.0. The van der Waals surface area contributed by atoms with Crippen molar-refractivity contribution in [3.8, 4) is 0 Å². The van der Waals surface area contributed by atoms with Crippen molar-refractivity contribution < 1.29 is 28.6 Å². The third-order valence-corrected chi connectivity index (χ3v) is 13.1. The maximum Gasteiger partial charge on any atom is 0.306 e. The molecule has 0 N–H and O–H groups in total. The van der Waals surface area contributed by atoms with Gasteiger partial charge < -0.3 is 14.2 Å². The predicted octanol–water partition coefficient (Wildman–Crippen LogP) is 19.8. The molecule has 1 atom stereocenters. The van der Waals surface area contributed by atoms with E-state index in [0.717, 1.165) is 83.5 Å². The van der Waals surface area contributed by atoms with Gasteiger partial charge >= 0.3 is 17.9 Å². The van der Waals surface area contributed by atoms with Crippen molar-refractivity contribution >= 4 is 17.9 Å². The quantitative estimate of drug-likeness (QED) is 0.0262. The topological polar surface area (TPSA) is 78.9 Å². The van der Waals surface area contributed by atoms with Crippen molar-refractivity contribution in [3.63, 3.8) is 0 Å². The van der Waals surface area contributed by atoms with E-state index in [4.69, 9.17) is 14.2 Å². The number of allylic oxidation sites excluding steroid dienone is 8. The van der Waals surface area contributed by atoms with E-state index in [2.05, 4.69) is 69.4 Å². The average molecular weight is 954 g/mol. The van der Waals surface area contributed by atoms with Crippen LogP contribution in [0.15, 0.2) is 48.6 Å². The zero-order chi connectivity index (χ0) is 49.3. The van der Waals surface area contributed by atoms with Crippen molar-refractivity contribution in [2.45, 2.75) is 316 Å². The van der Waals surface area contributed by atoms with Gasteiger partial charge in [-0.25, -0.2) is 0 Å². The molecular weight excluding hydrogens is 841 g/mol. The van der Waals surface area contributed by atoms with Gasteiger partial charge in [0.15, 0.2) is 6.10 Å². The summed E-state index contributed by atoms with van der Waals surface area (Å²) in [4.78, 5) is 37.8. The van der Waals surface area contributed by atoms with Crippen LogP contribution in [0, 0.1) is 0 Å². The molecule has 0 amide bonds. The van der Waals surface area contributed by atoms with Gasteiger partial charge in [-0.3, -0.25) is 14.4 Å². The molecule has 6 nitrogen and oxygen atoms in total. The minimum Gasteiger partial charge on any atom is -0.462 e. The van der Waals surface area contributed by atoms with Crippen molar-refractivity contribution in [1.82, 2.24) is 0 Å². The molecule has 0 heterocycles. The molecule has 396 valence electrons. The smallest absolute Gasteiger partial charge is 0.306 e. The predicted molar refractivity (Wildman–Crippen MR) is 293 cm³/mol. The van der Waals surface area contributed by atoms with E-state index in [1.807, 2.05) is 0 Å². The van der Waals surface area contributed by atoms with Crippen LogP contribution in [0.1, 0.15) is 310 Å². The van der Waals surface area contributed by atoms with Crippen molar-refractivity contribution in [2.75, 3.05) is 13.2 Å². The Kier molecular flexibility index (Phi) is 54.8. The number of unbranched alkanes of at least 4 members (excludes halogenated alkanes) is 35. The first-order valence-electron chi connectivity index (χ1n) is 29.6. The molecular formula is C62H112O6. The molecule has 0 aliphatic heterocycles. The van der Waals surface area contributed by atoms with Crippen molar-refractivity contribution in [2.24, 2.45) is 0 Å². The average Bonchev–Trinajstić information content (AvgIpc) is 3.34. The van der Waals surface area contributed by atoms with Crippen LogP contribution >= 0.6 is 0 Å². The maximum absolute atomic E-state index is 12.8. The first kappa shape index (κ1) is 65.4. The number of hydrogen-bond donors (Lipinski definition) is 0. The molecule has 0 radical (unpaired) electrons. The summed E-state index contributed by atoms with van der Waals surface area (Å²) in [5, 5.41) is 0. The summed E-state index contributed by atoms with van der Waals surface area (Å²) in [6, 6.07) is 0. The zero-order valence-electron chi connectivity index (χ0n) is 45.4. The Morgan fingerprint density at radius 2 is 0.529 bits per heavy atom. The van der Waals surface area contributed by atoms with E-state index in [0.29, 0.717) is 19.3 Å². The van der Waals surface area contributed by atoms with Crippen LogP contribution in [0.4, 0.5) is 0 Å². The van der Waals surface area contributed by atoms with Crippen molar-refractivity contribution in [3.05, 3.63) is 48.6 Å². The fraction of sp³-hybridized carbons (Fsp3) is 0.823. The fourth-order valence-electron chi connectivity index (χ4n) is 8.56. The van der Waals surface area contributed by atoms with Crippen molar-refractivity contribution in [1.29, 1.82) is 0 Å². The Bertz CT molecular complexity index is 1190. The van der Waals surface area contributed by atoms with Gasteiger partial charge in [0.05, 0.1) is 0 Å². The number of ether oxygens (including phenoxy) is 3. The summed E-state index contributed by atoms with van der Waals surface area (Å²) >= 11 is 0. The van der Waals surface area contributed by atoms with Gasteiger partial charge in [-0.2, -0.15) is 0 Å². The molecule has 68 heavy (non-hydrogen) atoms. The van der Waals surface area contributed by atoms with Gasteiger partial charge in [-0.15, -0.1) is 0 Å². The number of hydrogen-bond acceptors (Lipinski definition) is 6. The van der Waals surface area contributed by atoms with Crippen LogP contribution in [0.2, 0.25) is 0 Å². The van der Waals surface area contributed by atoms with Gasteiger partial charge in [0.1, 0.15) is 13.2 Å². The molecule has 0 saturated heterocycles. The third-order valence-electron chi connectivity index (χ3n) is 13.1. The summed E-state index contributed by atoms with van der Waals surface area (Å²) in [5.74, 6) is -0.884.